The first-order valence-corrected chi connectivity index (χ1v) is 4.49. The highest BCUT2D eigenvalue weighted by Crippen LogP contribution is 2.29. The van der Waals surface area contributed by atoms with Crippen molar-refractivity contribution >= 4 is 17.3 Å². The number of halogens is 1. The maximum absolute atomic E-state index is 10.5. The number of hydrogen-bond donors (Lipinski definition) is 1. The highest BCUT2D eigenvalue weighted by Gasteiger charge is 2.12. The average molecular weight is 224 g/mol. The lowest BCUT2D eigenvalue weighted by Gasteiger charge is -1.98. The fourth-order valence-electron chi connectivity index (χ4n) is 1.24. The van der Waals surface area contributed by atoms with Gasteiger partial charge in [-0.25, -0.2) is 0 Å². The number of nitrogens with zero attached hydrogens (tertiary/aromatic N) is 2. The van der Waals surface area contributed by atoms with Crippen LogP contribution in [0.3, 0.4) is 0 Å². The van der Waals surface area contributed by atoms with E-state index in [2.05, 4.69) is 10.2 Å². The summed E-state index contributed by atoms with van der Waals surface area (Å²) in [7, 11) is 0. The number of H-pyrrole nitrogens is 1. The molecule has 76 valence electrons. The summed E-state index contributed by atoms with van der Waals surface area (Å²) in [5, 5.41) is 17.1. The Hall–Kier alpha value is -1.88. The number of benzene rings is 1. The minimum atomic E-state index is -0.512. The van der Waals surface area contributed by atoms with Crippen molar-refractivity contribution in [2.45, 2.75) is 0 Å². The highest BCUT2D eigenvalue weighted by molar-refractivity contribution is 6.32. The van der Waals surface area contributed by atoms with Crippen LogP contribution in [0, 0.1) is 10.1 Å². The largest absolute Gasteiger partial charge is 0.287 e. The smallest absolute Gasteiger partial charge is 0.285 e. The van der Waals surface area contributed by atoms with Crippen LogP contribution in [0.1, 0.15) is 0 Å². The summed E-state index contributed by atoms with van der Waals surface area (Å²) in [5.74, 6) is 0. The second-order valence-corrected chi connectivity index (χ2v) is 3.32. The normalized spacial score (nSPS) is 10.2. The molecular formula is C9H6ClN3O2. The number of aromatic amines is 1. The molecule has 0 amide bonds. The zero-order valence-corrected chi connectivity index (χ0v) is 8.23. The van der Waals surface area contributed by atoms with Gasteiger partial charge < -0.3 is 0 Å². The van der Waals surface area contributed by atoms with Gasteiger partial charge in [-0.1, -0.05) is 11.6 Å². The molecule has 0 bridgehead atoms. The SMILES string of the molecule is O=[N+]([O-])c1ccc(-c2cn[nH]c2)cc1Cl. The van der Waals surface area contributed by atoms with Crippen molar-refractivity contribution in [3.8, 4) is 11.1 Å². The Labute approximate surface area is 89.8 Å². The molecule has 6 heteroatoms. The predicted octanol–water partition coefficient (Wildman–Crippen LogP) is 2.64. The van der Waals surface area contributed by atoms with E-state index in [0.29, 0.717) is 0 Å². The molecule has 5 nitrogen and oxygen atoms in total. The third kappa shape index (κ3) is 1.82. The molecule has 15 heavy (non-hydrogen) atoms. The molecule has 2 aromatic rings. The molecule has 0 fully saturated rings. The molecule has 0 atom stereocenters. The van der Waals surface area contributed by atoms with E-state index in [0.717, 1.165) is 11.1 Å². The number of aromatic nitrogens is 2. The topological polar surface area (TPSA) is 71.8 Å². The summed E-state index contributed by atoms with van der Waals surface area (Å²) in [6, 6.07) is 4.56. The molecule has 0 aliphatic heterocycles. The summed E-state index contributed by atoms with van der Waals surface area (Å²) < 4.78 is 0. The molecule has 0 saturated heterocycles. The summed E-state index contributed by atoms with van der Waals surface area (Å²) in [6.07, 6.45) is 3.31. The van der Waals surface area contributed by atoms with Gasteiger partial charge in [0.05, 0.1) is 11.1 Å². The summed E-state index contributed by atoms with van der Waals surface area (Å²) in [4.78, 5) is 10.0. The molecule has 0 radical (unpaired) electrons. The van der Waals surface area contributed by atoms with Gasteiger partial charge in [-0.05, 0) is 17.7 Å². The standard InChI is InChI=1S/C9H6ClN3O2/c10-8-3-6(7-4-11-12-5-7)1-2-9(8)13(14)15/h1-5H,(H,11,12). The Balaban J connectivity index is 2.47. The molecule has 0 aliphatic rings. The lowest BCUT2D eigenvalue weighted by Crippen LogP contribution is -1.88. The van der Waals surface area contributed by atoms with Crippen LogP contribution >= 0.6 is 11.6 Å². The van der Waals surface area contributed by atoms with E-state index in [-0.39, 0.29) is 10.7 Å². The van der Waals surface area contributed by atoms with Gasteiger partial charge in [0.25, 0.3) is 5.69 Å². The van der Waals surface area contributed by atoms with Crippen molar-refractivity contribution < 1.29 is 4.92 Å². The monoisotopic (exact) mass is 223 g/mol. The van der Waals surface area contributed by atoms with Crippen LogP contribution in [0.4, 0.5) is 5.69 Å². The van der Waals surface area contributed by atoms with Crippen molar-refractivity contribution in [3.05, 3.63) is 45.7 Å². The number of rotatable bonds is 2. The van der Waals surface area contributed by atoms with Crippen LogP contribution in [-0.2, 0) is 0 Å². The minimum Gasteiger partial charge on any atom is -0.285 e. The Kier molecular flexibility index (Phi) is 2.39. The number of nitro groups is 1. The van der Waals surface area contributed by atoms with Crippen LogP contribution in [0.25, 0.3) is 11.1 Å². The van der Waals surface area contributed by atoms with Gasteiger partial charge in [-0.15, -0.1) is 0 Å². The van der Waals surface area contributed by atoms with Gasteiger partial charge >= 0.3 is 0 Å². The van der Waals surface area contributed by atoms with Gasteiger partial charge in [0, 0.05) is 17.8 Å². The Bertz CT molecular complexity index is 496. The van der Waals surface area contributed by atoms with E-state index in [1.165, 1.54) is 6.07 Å². The van der Waals surface area contributed by atoms with Gasteiger partial charge in [0.1, 0.15) is 5.02 Å². The third-order valence-electron chi connectivity index (χ3n) is 1.98. The van der Waals surface area contributed by atoms with Gasteiger partial charge in [0.15, 0.2) is 0 Å². The van der Waals surface area contributed by atoms with Gasteiger partial charge in [-0.3, -0.25) is 15.2 Å². The molecule has 1 aromatic carbocycles. The second-order valence-electron chi connectivity index (χ2n) is 2.91. The van der Waals surface area contributed by atoms with E-state index in [1.807, 2.05) is 0 Å². The Morgan fingerprint density at radius 3 is 2.73 bits per heavy atom. The van der Waals surface area contributed by atoms with Gasteiger partial charge in [0.2, 0.25) is 0 Å². The fraction of sp³-hybridized carbons (Fsp3) is 0. The van der Waals surface area contributed by atoms with Gasteiger partial charge in [-0.2, -0.15) is 5.10 Å². The maximum atomic E-state index is 10.5. The molecule has 0 aliphatic carbocycles. The molecule has 0 spiro atoms. The molecule has 0 unspecified atom stereocenters. The second kappa shape index (κ2) is 3.70. The van der Waals surface area contributed by atoms with Crippen LogP contribution in [-0.4, -0.2) is 15.1 Å². The fourth-order valence-corrected chi connectivity index (χ4v) is 1.49. The Morgan fingerprint density at radius 2 is 2.20 bits per heavy atom. The minimum absolute atomic E-state index is 0.0936. The summed E-state index contributed by atoms with van der Waals surface area (Å²) in [6.45, 7) is 0. The summed E-state index contributed by atoms with van der Waals surface area (Å²) in [5.41, 5.74) is 1.54. The van der Waals surface area contributed by atoms with Crippen molar-refractivity contribution in [3.63, 3.8) is 0 Å². The van der Waals surface area contributed by atoms with Crippen molar-refractivity contribution in [1.82, 2.24) is 10.2 Å². The molecule has 1 aromatic heterocycles. The van der Waals surface area contributed by atoms with Crippen molar-refractivity contribution in [2.75, 3.05) is 0 Å². The lowest BCUT2D eigenvalue weighted by atomic mass is 10.1. The zero-order chi connectivity index (χ0) is 10.8. The molecular weight excluding hydrogens is 218 g/mol. The number of nitrogens with one attached hydrogen (secondary N) is 1. The quantitative estimate of drug-likeness (QED) is 0.628. The van der Waals surface area contributed by atoms with Crippen LogP contribution < -0.4 is 0 Å². The highest BCUT2D eigenvalue weighted by atomic mass is 35.5. The first-order chi connectivity index (χ1) is 7.18. The number of nitro benzene ring substituents is 1. The van der Waals surface area contributed by atoms with E-state index >= 15 is 0 Å². The average Bonchev–Trinajstić information content (AvgIpc) is 2.69. The lowest BCUT2D eigenvalue weighted by molar-refractivity contribution is -0.384. The first-order valence-electron chi connectivity index (χ1n) is 4.11. The van der Waals surface area contributed by atoms with E-state index < -0.39 is 4.92 Å². The first kappa shape index (κ1) is 9.67. The Morgan fingerprint density at radius 1 is 1.40 bits per heavy atom. The third-order valence-corrected chi connectivity index (χ3v) is 2.28. The molecule has 1 N–H and O–H groups in total. The van der Waals surface area contributed by atoms with E-state index in [9.17, 15) is 10.1 Å². The number of hydrogen-bond acceptors (Lipinski definition) is 3. The van der Waals surface area contributed by atoms with E-state index in [1.54, 1.807) is 24.5 Å². The van der Waals surface area contributed by atoms with Crippen LogP contribution in [0.2, 0.25) is 5.02 Å². The molecule has 1 heterocycles. The predicted molar refractivity (Wildman–Crippen MR) is 55.7 cm³/mol. The maximum Gasteiger partial charge on any atom is 0.287 e. The molecule has 2 rings (SSSR count). The molecule has 0 saturated carbocycles. The van der Waals surface area contributed by atoms with Crippen LogP contribution in [0.5, 0.6) is 0 Å². The van der Waals surface area contributed by atoms with E-state index in [4.69, 9.17) is 11.6 Å². The zero-order valence-electron chi connectivity index (χ0n) is 7.48. The van der Waals surface area contributed by atoms with Crippen molar-refractivity contribution in [2.24, 2.45) is 0 Å². The van der Waals surface area contributed by atoms with Crippen LogP contribution in [0.15, 0.2) is 30.6 Å². The summed E-state index contributed by atoms with van der Waals surface area (Å²) >= 11 is 5.77. The van der Waals surface area contributed by atoms with Crippen molar-refractivity contribution in [1.29, 1.82) is 0 Å².